The van der Waals surface area contributed by atoms with Gasteiger partial charge in [-0.15, -0.1) is 0 Å². The zero-order chi connectivity index (χ0) is 15.7. The SMILES string of the molecule is O=c1[nH]ccc2ncnc(Nc3cccc(C(F)(F)F)c3)c12. The Balaban J connectivity index is 2.06. The van der Waals surface area contributed by atoms with Gasteiger partial charge in [0.15, 0.2) is 0 Å². The van der Waals surface area contributed by atoms with Crippen LogP contribution < -0.4 is 10.9 Å². The Morgan fingerprint density at radius 2 is 1.95 bits per heavy atom. The number of nitrogens with zero attached hydrogens (tertiary/aromatic N) is 2. The van der Waals surface area contributed by atoms with Crippen LogP contribution in [0.1, 0.15) is 5.56 Å². The van der Waals surface area contributed by atoms with Gasteiger partial charge in [-0.3, -0.25) is 4.79 Å². The van der Waals surface area contributed by atoms with Crippen LogP contribution in [0.2, 0.25) is 0 Å². The largest absolute Gasteiger partial charge is 0.416 e. The van der Waals surface area contributed by atoms with Gasteiger partial charge >= 0.3 is 6.18 Å². The van der Waals surface area contributed by atoms with Crippen molar-refractivity contribution < 1.29 is 13.2 Å². The Bertz CT molecular complexity index is 884. The Morgan fingerprint density at radius 3 is 2.73 bits per heavy atom. The van der Waals surface area contributed by atoms with Gasteiger partial charge in [0.1, 0.15) is 17.5 Å². The number of aromatic nitrogens is 3. The summed E-state index contributed by atoms with van der Waals surface area (Å²) in [6.07, 6.45) is -1.77. The van der Waals surface area contributed by atoms with Crippen molar-refractivity contribution in [3.05, 3.63) is 58.8 Å². The van der Waals surface area contributed by atoms with Gasteiger partial charge in [-0.2, -0.15) is 13.2 Å². The lowest BCUT2D eigenvalue weighted by Crippen LogP contribution is -2.10. The smallest absolute Gasteiger partial charge is 0.339 e. The standard InChI is InChI=1S/C14H9F3N4O/c15-14(16,17)8-2-1-3-9(6-8)21-12-11-10(19-7-20-12)4-5-18-13(11)22/h1-7H,(H,18,22)(H,19,20,21). The van der Waals surface area contributed by atoms with Gasteiger partial charge in [0.2, 0.25) is 0 Å². The van der Waals surface area contributed by atoms with E-state index in [1.54, 1.807) is 6.07 Å². The molecule has 0 spiro atoms. The average Bonchev–Trinajstić information content (AvgIpc) is 2.47. The fraction of sp³-hybridized carbons (Fsp3) is 0.0714. The number of hydrogen-bond donors (Lipinski definition) is 2. The first kappa shape index (κ1) is 14.1. The van der Waals surface area contributed by atoms with Crippen LogP contribution in [-0.4, -0.2) is 15.0 Å². The van der Waals surface area contributed by atoms with Gasteiger partial charge in [-0.05, 0) is 24.3 Å². The number of H-pyrrole nitrogens is 1. The quantitative estimate of drug-likeness (QED) is 0.763. The second-order valence-electron chi connectivity index (χ2n) is 4.49. The van der Waals surface area contributed by atoms with E-state index in [-0.39, 0.29) is 16.9 Å². The molecule has 0 saturated carbocycles. The Hall–Kier alpha value is -2.90. The second-order valence-corrected chi connectivity index (χ2v) is 4.49. The van der Waals surface area contributed by atoms with Gasteiger partial charge in [-0.25, -0.2) is 9.97 Å². The highest BCUT2D eigenvalue weighted by molar-refractivity contribution is 5.89. The highest BCUT2D eigenvalue weighted by Crippen LogP contribution is 2.31. The van der Waals surface area contributed by atoms with E-state index in [4.69, 9.17) is 0 Å². The molecule has 2 N–H and O–H groups in total. The topological polar surface area (TPSA) is 70.7 Å². The van der Waals surface area contributed by atoms with Crippen LogP contribution in [0.15, 0.2) is 47.7 Å². The monoisotopic (exact) mass is 306 g/mol. The summed E-state index contributed by atoms with van der Waals surface area (Å²) < 4.78 is 38.1. The number of anilines is 2. The fourth-order valence-corrected chi connectivity index (χ4v) is 2.02. The molecule has 2 heterocycles. The first-order valence-corrected chi connectivity index (χ1v) is 6.22. The minimum absolute atomic E-state index is 0.145. The van der Waals surface area contributed by atoms with Crippen molar-refractivity contribution in [2.75, 3.05) is 5.32 Å². The number of hydrogen-bond acceptors (Lipinski definition) is 4. The maximum Gasteiger partial charge on any atom is 0.416 e. The predicted molar refractivity (Wildman–Crippen MR) is 74.9 cm³/mol. The Labute approximate surface area is 121 Å². The molecule has 1 aromatic carbocycles. The van der Waals surface area contributed by atoms with Crippen molar-refractivity contribution in [1.29, 1.82) is 0 Å². The summed E-state index contributed by atoms with van der Waals surface area (Å²) in [7, 11) is 0. The van der Waals surface area contributed by atoms with Crippen LogP contribution in [0.5, 0.6) is 0 Å². The third-order valence-corrected chi connectivity index (χ3v) is 3.01. The van der Waals surface area contributed by atoms with E-state index in [1.165, 1.54) is 24.7 Å². The second kappa shape index (κ2) is 5.14. The van der Waals surface area contributed by atoms with Crippen molar-refractivity contribution in [2.45, 2.75) is 6.18 Å². The van der Waals surface area contributed by atoms with E-state index in [0.717, 1.165) is 12.1 Å². The molecule has 22 heavy (non-hydrogen) atoms. The molecule has 5 nitrogen and oxygen atoms in total. The molecule has 0 aliphatic rings. The molecule has 0 bridgehead atoms. The number of pyridine rings is 1. The lowest BCUT2D eigenvalue weighted by Gasteiger charge is -2.11. The summed E-state index contributed by atoms with van der Waals surface area (Å²) >= 11 is 0. The summed E-state index contributed by atoms with van der Waals surface area (Å²) in [5.74, 6) is 0.145. The normalized spacial score (nSPS) is 11.6. The molecule has 3 aromatic rings. The van der Waals surface area contributed by atoms with E-state index in [2.05, 4.69) is 20.3 Å². The summed E-state index contributed by atoms with van der Waals surface area (Å²) in [5.41, 5.74) is -0.636. The summed E-state index contributed by atoms with van der Waals surface area (Å²) in [6, 6.07) is 6.23. The molecule has 2 aromatic heterocycles. The Morgan fingerprint density at radius 1 is 1.14 bits per heavy atom. The van der Waals surface area contributed by atoms with Crippen LogP contribution >= 0.6 is 0 Å². The molecule has 0 amide bonds. The highest BCUT2D eigenvalue weighted by Gasteiger charge is 2.30. The van der Waals surface area contributed by atoms with Crippen molar-refractivity contribution >= 4 is 22.4 Å². The maximum atomic E-state index is 12.7. The van der Waals surface area contributed by atoms with Crippen molar-refractivity contribution in [3.8, 4) is 0 Å². The highest BCUT2D eigenvalue weighted by atomic mass is 19.4. The lowest BCUT2D eigenvalue weighted by molar-refractivity contribution is -0.137. The van der Waals surface area contributed by atoms with E-state index in [1.807, 2.05) is 0 Å². The summed E-state index contributed by atoms with van der Waals surface area (Å²) in [4.78, 5) is 22.2. The van der Waals surface area contributed by atoms with Gasteiger partial charge in [0.25, 0.3) is 5.56 Å². The molecule has 112 valence electrons. The van der Waals surface area contributed by atoms with Crippen LogP contribution in [0.3, 0.4) is 0 Å². The molecule has 0 fully saturated rings. The summed E-state index contributed by atoms with van der Waals surface area (Å²) in [6.45, 7) is 0. The number of benzene rings is 1. The minimum atomic E-state index is -4.44. The van der Waals surface area contributed by atoms with E-state index in [9.17, 15) is 18.0 Å². The molecule has 3 rings (SSSR count). The molecule has 0 aliphatic carbocycles. The molecule has 0 atom stereocenters. The van der Waals surface area contributed by atoms with Crippen LogP contribution in [0, 0.1) is 0 Å². The predicted octanol–water partition coefficient (Wildman–Crippen LogP) is 3.08. The molecular formula is C14H9F3N4O. The molecule has 0 aliphatic heterocycles. The maximum absolute atomic E-state index is 12.7. The number of fused-ring (bicyclic) bond motifs is 1. The average molecular weight is 306 g/mol. The third kappa shape index (κ3) is 2.62. The van der Waals surface area contributed by atoms with E-state index >= 15 is 0 Å². The lowest BCUT2D eigenvalue weighted by atomic mass is 10.2. The van der Waals surface area contributed by atoms with Crippen LogP contribution in [0.4, 0.5) is 24.7 Å². The zero-order valence-electron chi connectivity index (χ0n) is 11.0. The van der Waals surface area contributed by atoms with Crippen LogP contribution in [-0.2, 0) is 6.18 Å². The number of alkyl halides is 3. The van der Waals surface area contributed by atoms with Crippen molar-refractivity contribution in [3.63, 3.8) is 0 Å². The van der Waals surface area contributed by atoms with Gasteiger partial charge in [-0.1, -0.05) is 6.07 Å². The number of rotatable bonds is 2. The number of nitrogens with one attached hydrogen (secondary N) is 2. The third-order valence-electron chi connectivity index (χ3n) is 3.01. The van der Waals surface area contributed by atoms with E-state index in [0.29, 0.717) is 5.52 Å². The Kier molecular flexibility index (Phi) is 3.28. The molecule has 0 unspecified atom stereocenters. The zero-order valence-corrected chi connectivity index (χ0v) is 11.0. The van der Waals surface area contributed by atoms with Crippen molar-refractivity contribution in [1.82, 2.24) is 15.0 Å². The first-order chi connectivity index (χ1) is 10.4. The van der Waals surface area contributed by atoms with Gasteiger partial charge in [0, 0.05) is 11.9 Å². The fourth-order valence-electron chi connectivity index (χ4n) is 2.02. The van der Waals surface area contributed by atoms with E-state index < -0.39 is 17.3 Å². The number of aromatic amines is 1. The van der Waals surface area contributed by atoms with Crippen molar-refractivity contribution in [2.24, 2.45) is 0 Å². The molecule has 8 heteroatoms. The number of halogens is 3. The molecular weight excluding hydrogens is 297 g/mol. The molecule has 0 saturated heterocycles. The first-order valence-electron chi connectivity index (χ1n) is 6.22. The van der Waals surface area contributed by atoms with Gasteiger partial charge in [0.05, 0.1) is 11.1 Å². The summed E-state index contributed by atoms with van der Waals surface area (Å²) in [5, 5.41) is 2.91. The van der Waals surface area contributed by atoms with Gasteiger partial charge < -0.3 is 10.3 Å². The molecule has 0 radical (unpaired) electrons. The van der Waals surface area contributed by atoms with Crippen LogP contribution in [0.25, 0.3) is 10.9 Å². The minimum Gasteiger partial charge on any atom is -0.339 e.